The minimum absolute atomic E-state index is 0.213. The van der Waals surface area contributed by atoms with Gasteiger partial charge in [-0.3, -0.25) is 4.79 Å². The normalized spacial score (nSPS) is 13.8. The Morgan fingerprint density at radius 2 is 1.87 bits per heavy atom. The average Bonchev–Trinajstić information content (AvgIpc) is 3.11. The van der Waals surface area contributed by atoms with Crippen LogP contribution in [0.2, 0.25) is 0 Å². The lowest BCUT2D eigenvalue weighted by Crippen LogP contribution is -2.35. The third-order valence-electron chi connectivity index (χ3n) is 5.89. The summed E-state index contributed by atoms with van der Waals surface area (Å²) in [5.74, 6) is 1.12. The summed E-state index contributed by atoms with van der Waals surface area (Å²) in [5, 5.41) is 4.08. The number of rotatable bonds is 8. The molecule has 4 rings (SSSR count). The molecule has 1 N–H and O–H groups in total. The summed E-state index contributed by atoms with van der Waals surface area (Å²) in [6, 6.07) is 10.4. The van der Waals surface area contributed by atoms with Crippen molar-refractivity contribution in [1.29, 1.82) is 0 Å². The Morgan fingerprint density at radius 1 is 1.13 bits per heavy atom. The fraction of sp³-hybridized carbons (Fsp3) is 0.435. The fourth-order valence-corrected chi connectivity index (χ4v) is 3.67. The highest BCUT2D eigenvalue weighted by molar-refractivity contribution is 5.79. The molecule has 7 nitrogen and oxygen atoms in total. The minimum atomic E-state index is 0.213. The predicted molar refractivity (Wildman–Crippen MR) is 121 cm³/mol. The van der Waals surface area contributed by atoms with Crippen molar-refractivity contribution in [1.82, 2.24) is 19.9 Å². The van der Waals surface area contributed by atoms with Crippen LogP contribution in [0.15, 0.2) is 42.7 Å². The van der Waals surface area contributed by atoms with Gasteiger partial charge in [0.2, 0.25) is 11.9 Å². The highest BCUT2D eigenvalue weighted by atomic mass is 16.1. The number of fused-ring (bicyclic) bond motifs is 1. The molecule has 0 spiro atoms. The maximum Gasteiger partial charge on any atom is 0.231 e. The van der Waals surface area contributed by atoms with Crippen LogP contribution in [0.3, 0.4) is 0 Å². The van der Waals surface area contributed by atoms with Gasteiger partial charge in [0.05, 0.1) is 0 Å². The van der Waals surface area contributed by atoms with Crippen LogP contribution in [0.1, 0.15) is 25.7 Å². The summed E-state index contributed by atoms with van der Waals surface area (Å²) in [4.78, 5) is 25.4. The summed E-state index contributed by atoms with van der Waals surface area (Å²) in [6.07, 6.45) is 8.06. The smallest absolute Gasteiger partial charge is 0.231 e. The highest BCUT2D eigenvalue weighted by Gasteiger charge is 2.24. The number of aryl methyl sites for hydroxylation is 1. The van der Waals surface area contributed by atoms with Gasteiger partial charge < -0.3 is 19.7 Å². The van der Waals surface area contributed by atoms with Gasteiger partial charge in [0.1, 0.15) is 5.65 Å². The summed E-state index contributed by atoms with van der Waals surface area (Å²) in [6.45, 7) is 1.51. The number of hydrogen-bond acceptors (Lipinski definition) is 5. The molecule has 3 aromatic rings. The van der Waals surface area contributed by atoms with Crippen LogP contribution in [-0.4, -0.2) is 48.1 Å². The van der Waals surface area contributed by atoms with E-state index in [4.69, 9.17) is 4.98 Å². The van der Waals surface area contributed by atoms with Crippen LogP contribution >= 0.6 is 0 Å². The van der Waals surface area contributed by atoms with Crippen molar-refractivity contribution in [2.75, 3.05) is 37.5 Å². The van der Waals surface area contributed by atoms with Gasteiger partial charge >= 0.3 is 0 Å². The number of nitrogens with one attached hydrogen (secondary N) is 1. The maximum absolute atomic E-state index is 12.0. The number of aromatic nitrogens is 3. The number of benzene rings is 1. The van der Waals surface area contributed by atoms with E-state index in [-0.39, 0.29) is 11.8 Å². The zero-order chi connectivity index (χ0) is 21.1. The Morgan fingerprint density at radius 3 is 2.53 bits per heavy atom. The van der Waals surface area contributed by atoms with Gasteiger partial charge in [-0.05, 0) is 49.6 Å². The van der Waals surface area contributed by atoms with Crippen LogP contribution in [-0.2, 0) is 11.3 Å². The van der Waals surface area contributed by atoms with Gasteiger partial charge in [-0.2, -0.15) is 4.98 Å². The Bertz CT molecular complexity index is 1010. The topological polar surface area (TPSA) is 66.3 Å². The summed E-state index contributed by atoms with van der Waals surface area (Å²) in [5.41, 5.74) is 3.11. The SMILES string of the molecule is CN(C)c1ccc(N(C)c2ncc3ccn(CCCNC(=O)C4CCC4)c3n2)cc1. The molecule has 1 aliphatic carbocycles. The van der Waals surface area contributed by atoms with Crippen molar-refractivity contribution in [2.24, 2.45) is 5.92 Å². The zero-order valence-corrected chi connectivity index (χ0v) is 18.0. The van der Waals surface area contributed by atoms with Crippen LogP contribution in [0.5, 0.6) is 0 Å². The van der Waals surface area contributed by atoms with Crippen molar-refractivity contribution in [3.8, 4) is 0 Å². The van der Waals surface area contributed by atoms with Crippen LogP contribution in [0.4, 0.5) is 17.3 Å². The van der Waals surface area contributed by atoms with Gasteiger partial charge in [0, 0.05) is 69.3 Å². The van der Waals surface area contributed by atoms with Crippen molar-refractivity contribution in [2.45, 2.75) is 32.2 Å². The minimum Gasteiger partial charge on any atom is -0.378 e. The van der Waals surface area contributed by atoms with Gasteiger partial charge in [0.25, 0.3) is 0 Å². The van der Waals surface area contributed by atoms with E-state index in [1.54, 1.807) is 0 Å². The summed E-state index contributed by atoms with van der Waals surface area (Å²) >= 11 is 0. The first kappa shape index (κ1) is 20.2. The molecule has 0 saturated heterocycles. The van der Waals surface area contributed by atoms with E-state index in [0.29, 0.717) is 12.5 Å². The van der Waals surface area contributed by atoms with Crippen LogP contribution in [0, 0.1) is 5.92 Å². The molecule has 0 radical (unpaired) electrons. The monoisotopic (exact) mass is 406 g/mol. The van der Waals surface area contributed by atoms with E-state index in [1.807, 2.05) is 44.5 Å². The second-order valence-electron chi connectivity index (χ2n) is 8.20. The number of carbonyl (C=O) groups excluding carboxylic acids is 1. The van der Waals surface area contributed by atoms with Gasteiger partial charge in [0.15, 0.2) is 0 Å². The highest BCUT2D eigenvalue weighted by Crippen LogP contribution is 2.26. The molecule has 1 amide bonds. The van der Waals surface area contributed by atoms with Crippen molar-refractivity contribution in [3.63, 3.8) is 0 Å². The average molecular weight is 407 g/mol. The molecule has 1 aliphatic rings. The summed E-state index contributed by atoms with van der Waals surface area (Å²) in [7, 11) is 6.04. The molecule has 0 aliphatic heterocycles. The number of anilines is 3. The predicted octanol–water partition coefficient (Wildman–Crippen LogP) is 3.57. The Balaban J connectivity index is 1.42. The molecular weight excluding hydrogens is 376 g/mol. The van der Waals surface area contributed by atoms with Crippen LogP contribution in [0.25, 0.3) is 11.0 Å². The van der Waals surface area contributed by atoms with Gasteiger partial charge in [-0.1, -0.05) is 6.42 Å². The number of nitrogens with zero attached hydrogens (tertiary/aromatic N) is 5. The van der Waals surface area contributed by atoms with Gasteiger partial charge in [-0.25, -0.2) is 4.98 Å². The quantitative estimate of drug-likeness (QED) is 0.579. The molecule has 1 aromatic carbocycles. The van der Waals surface area contributed by atoms with E-state index in [0.717, 1.165) is 48.2 Å². The number of hydrogen-bond donors (Lipinski definition) is 1. The Hall–Kier alpha value is -3.09. The van der Waals surface area contributed by atoms with E-state index < -0.39 is 0 Å². The first-order valence-corrected chi connectivity index (χ1v) is 10.6. The number of amides is 1. The van der Waals surface area contributed by atoms with E-state index in [9.17, 15) is 4.79 Å². The van der Waals surface area contributed by atoms with Crippen molar-refractivity contribution < 1.29 is 4.79 Å². The lowest BCUT2D eigenvalue weighted by atomic mass is 9.85. The standard InChI is InChI=1S/C23H30N6O/c1-27(2)19-8-10-20(11-9-19)28(3)23-25-16-18-12-15-29(21(18)26-23)14-5-13-24-22(30)17-6-4-7-17/h8-12,15-17H,4-7,13-14H2,1-3H3,(H,24,30). The Kier molecular flexibility index (Phi) is 5.88. The molecule has 7 heteroatoms. The largest absolute Gasteiger partial charge is 0.378 e. The lowest BCUT2D eigenvalue weighted by Gasteiger charge is -2.24. The van der Waals surface area contributed by atoms with E-state index in [1.165, 1.54) is 6.42 Å². The van der Waals surface area contributed by atoms with E-state index >= 15 is 0 Å². The first-order chi connectivity index (χ1) is 14.5. The molecule has 2 heterocycles. The second kappa shape index (κ2) is 8.73. The zero-order valence-electron chi connectivity index (χ0n) is 18.0. The maximum atomic E-state index is 12.0. The Labute approximate surface area is 177 Å². The molecular formula is C23H30N6O. The third-order valence-corrected chi connectivity index (χ3v) is 5.89. The number of carbonyl (C=O) groups is 1. The fourth-order valence-electron chi connectivity index (χ4n) is 3.67. The molecule has 0 bridgehead atoms. The van der Waals surface area contributed by atoms with Crippen molar-refractivity contribution in [3.05, 3.63) is 42.7 Å². The molecule has 0 unspecified atom stereocenters. The molecule has 1 saturated carbocycles. The van der Waals surface area contributed by atoms with Gasteiger partial charge in [-0.15, -0.1) is 0 Å². The van der Waals surface area contributed by atoms with Crippen LogP contribution < -0.4 is 15.1 Å². The molecule has 2 aromatic heterocycles. The molecule has 0 atom stereocenters. The lowest BCUT2D eigenvalue weighted by molar-refractivity contribution is -0.127. The summed E-state index contributed by atoms with van der Waals surface area (Å²) < 4.78 is 2.14. The first-order valence-electron chi connectivity index (χ1n) is 10.6. The second-order valence-corrected chi connectivity index (χ2v) is 8.20. The third kappa shape index (κ3) is 4.25. The van der Waals surface area contributed by atoms with Crippen molar-refractivity contribution >= 4 is 34.3 Å². The molecule has 158 valence electrons. The molecule has 1 fully saturated rings. The van der Waals surface area contributed by atoms with E-state index in [2.05, 4.69) is 44.0 Å². The molecule has 30 heavy (non-hydrogen) atoms.